The normalized spacial score (nSPS) is 12.0. The molecule has 1 nitrogen and oxygen atoms in total. The van der Waals surface area contributed by atoms with Crippen LogP contribution in [0, 0.1) is 6.92 Å². The highest BCUT2D eigenvalue weighted by Gasteiger charge is 2.18. The van der Waals surface area contributed by atoms with E-state index in [1.807, 2.05) is 19.1 Å². The van der Waals surface area contributed by atoms with Gasteiger partial charge in [0.1, 0.15) is 5.75 Å². The van der Waals surface area contributed by atoms with Gasteiger partial charge in [0.2, 0.25) is 0 Å². The van der Waals surface area contributed by atoms with Crippen molar-refractivity contribution in [3.8, 4) is 28.0 Å². The van der Waals surface area contributed by atoms with Crippen molar-refractivity contribution in [1.29, 1.82) is 0 Å². The molecular formula is C20H16O. The molecule has 3 aromatic carbocycles. The lowest BCUT2D eigenvalue weighted by Gasteiger charge is -2.08. The number of fused-ring (bicyclic) bond motifs is 3. The van der Waals surface area contributed by atoms with Gasteiger partial charge in [-0.15, -0.1) is 0 Å². The average molecular weight is 272 g/mol. The quantitative estimate of drug-likeness (QED) is 0.520. The SMILES string of the molecule is Cc1ccc(O)c(-c2ccc3c(c2)Cc2ccccc2-3)c1. The Balaban J connectivity index is 1.85. The summed E-state index contributed by atoms with van der Waals surface area (Å²) in [4.78, 5) is 0. The maximum absolute atomic E-state index is 10.1. The zero-order valence-electron chi connectivity index (χ0n) is 11.9. The van der Waals surface area contributed by atoms with Crippen molar-refractivity contribution in [3.63, 3.8) is 0 Å². The second-order valence-electron chi connectivity index (χ2n) is 5.73. The van der Waals surface area contributed by atoms with Crippen LogP contribution < -0.4 is 0 Å². The van der Waals surface area contributed by atoms with Crippen molar-refractivity contribution < 1.29 is 5.11 Å². The van der Waals surface area contributed by atoms with E-state index in [4.69, 9.17) is 0 Å². The van der Waals surface area contributed by atoms with Crippen molar-refractivity contribution >= 4 is 0 Å². The summed E-state index contributed by atoms with van der Waals surface area (Å²) in [5.41, 5.74) is 8.55. The number of hydrogen-bond donors (Lipinski definition) is 1. The Morgan fingerprint density at radius 1 is 0.762 bits per heavy atom. The molecule has 0 fully saturated rings. The summed E-state index contributed by atoms with van der Waals surface area (Å²) < 4.78 is 0. The van der Waals surface area contributed by atoms with E-state index < -0.39 is 0 Å². The van der Waals surface area contributed by atoms with Crippen LogP contribution in [0.4, 0.5) is 0 Å². The third kappa shape index (κ3) is 1.93. The lowest BCUT2D eigenvalue weighted by molar-refractivity contribution is 0.477. The second kappa shape index (κ2) is 4.49. The van der Waals surface area contributed by atoms with Gasteiger partial charge in [-0.3, -0.25) is 0 Å². The summed E-state index contributed by atoms with van der Waals surface area (Å²) in [6.07, 6.45) is 0.978. The van der Waals surface area contributed by atoms with Crippen molar-refractivity contribution in [2.24, 2.45) is 0 Å². The zero-order valence-corrected chi connectivity index (χ0v) is 11.9. The second-order valence-corrected chi connectivity index (χ2v) is 5.73. The Morgan fingerprint density at radius 3 is 2.48 bits per heavy atom. The molecule has 0 aromatic heterocycles. The van der Waals surface area contributed by atoms with Crippen LogP contribution in [0.25, 0.3) is 22.3 Å². The Hall–Kier alpha value is -2.54. The smallest absolute Gasteiger partial charge is 0.123 e. The minimum absolute atomic E-state index is 0.344. The molecule has 0 spiro atoms. The van der Waals surface area contributed by atoms with E-state index in [-0.39, 0.29) is 0 Å². The van der Waals surface area contributed by atoms with E-state index in [0.717, 1.165) is 23.1 Å². The summed E-state index contributed by atoms with van der Waals surface area (Å²) in [6.45, 7) is 2.05. The van der Waals surface area contributed by atoms with Gasteiger partial charge >= 0.3 is 0 Å². The Bertz CT molecular complexity index is 846. The van der Waals surface area contributed by atoms with E-state index in [2.05, 4.69) is 42.5 Å². The predicted octanol–water partition coefficient (Wildman–Crippen LogP) is 4.94. The molecule has 0 atom stereocenters. The highest BCUT2D eigenvalue weighted by atomic mass is 16.3. The standard InChI is InChI=1S/C20H16O/c1-13-6-9-20(21)19(10-13)15-7-8-18-16(12-15)11-14-4-2-3-5-17(14)18/h2-10,12,21H,11H2,1H3. The van der Waals surface area contributed by atoms with Crippen molar-refractivity contribution in [1.82, 2.24) is 0 Å². The molecule has 0 aliphatic heterocycles. The average Bonchev–Trinajstić information content (AvgIpc) is 2.87. The van der Waals surface area contributed by atoms with Crippen LogP contribution >= 0.6 is 0 Å². The Labute approximate surface area is 124 Å². The first-order chi connectivity index (χ1) is 10.2. The third-order valence-electron chi connectivity index (χ3n) is 4.26. The van der Waals surface area contributed by atoms with Crippen LogP contribution in [-0.4, -0.2) is 5.11 Å². The molecule has 1 N–H and O–H groups in total. The third-order valence-corrected chi connectivity index (χ3v) is 4.26. The molecule has 4 rings (SSSR count). The number of aromatic hydroxyl groups is 1. The number of phenols is 1. The Morgan fingerprint density at radius 2 is 1.57 bits per heavy atom. The van der Waals surface area contributed by atoms with E-state index >= 15 is 0 Å². The summed E-state index contributed by atoms with van der Waals surface area (Å²) in [7, 11) is 0. The topological polar surface area (TPSA) is 20.2 Å². The number of aryl methyl sites for hydroxylation is 1. The minimum Gasteiger partial charge on any atom is -0.507 e. The van der Waals surface area contributed by atoms with Crippen molar-refractivity contribution in [3.05, 3.63) is 77.4 Å². The Kier molecular flexibility index (Phi) is 2.61. The van der Waals surface area contributed by atoms with Crippen LogP contribution in [0.2, 0.25) is 0 Å². The van der Waals surface area contributed by atoms with E-state index in [0.29, 0.717) is 5.75 Å². The van der Waals surface area contributed by atoms with Gasteiger partial charge in [0.25, 0.3) is 0 Å². The first kappa shape index (κ1) is 12.2. The van der Waals surface area contributed by atoms with Gasteiger partial charge in [-0.05, 0) is 53.3 Å². The van der Waals surface area contributed by atoms with Crippen LogP contribution in [0.15, 0.2) is 60.7 Å². The van der Waals surface area contributed by atoms with Crippen LogP contribution in [0.1, 0.15) is 16.7 Å². The maximum atomic E-state index is 10.1. The van der Waals surface area contributed by atoms with E-state index in [1.165, 1.54) is 22.3 Å². The van der Waals surface area contributed by atoms with Gasteiger partial charge in [0.15, 0.2) is 0 Å². The van der Waals surface area contributed by atoms with Gasteiger partial charge in [0.05, 0.1) is 0 Å². The number of hydrogen-bond acceptors (Lipinski definition) is 1. The summed E-state index contributed by atoms with van der Waals surface area (Å²) in [5, 5.41) is 10.1. The molecule has 1 aliphatic rings. The molecule has 0 saturated heterocycles. The molecule has 1 heteroatoms. The van der Waals surface area contributed by atoms with Gasteiger partial charge in [-0.2, -0.15) is 0 Å². The molecule has 1 aliphatic carbocycles. The van der Waals surface area contributed by atoms with Gasteiger partial charge < -0.3 is 5.11 Å². The summed E-state index contributed by atoms with van der Waals surface area (Å²) >= 11 is 0. The highest BCUT2D eigenvalue weighted by Crippen LogP contribution is 2.39. The fourth-order valence-electron chi connectivity index (χ4n) is 3.19. The van der Waals surface area contributed by atoms with Gasteiger partial charge in [-0.25, -0.2) is 0 Å². The predicted molar refractivity (Wildman–Crippen MR) is 86.5 cm³/mol. The summed E-state index contributed by atoms with van der Waals surface area (Å²) in [6, 6.07) is 20.8. The molecule has 0 bridgehead atoms. The molecule has 0 saturated carbocycles. The van der Waals surface area contributed by atoms with Crippen LogP contribution in [-0.2, 0) is 6.42 Å². The molecule has 0 radical (unpaired) electrons. The van der Waals surface area contributed by atoms with E-state index in [9.17, 15) is 5.11 Å². The molecule has 0 amide bonds. The molecular weight excluding hydrogens is 256 g/mol. The van der Waals surface area contributed by atoms with Crippen molar-refractivity contribution in [2.75, 3.05) is 0 Å². The molecule has 0 unspecified atom stereocenters. The zero-order chi connectivity index (χ0) is 14.4. The maximum Gasteiger partial charge on any atom is 0.123 e. The molecule has 3 aromatic rings. The first-order valence-corrected chi connectivity index (χ1v) is 7.23. The first-order valence-electron chi connectivity index (χ1n) is 7.23. The lowest BCUT2D eigenvalue weighted by Crippen LogP contribution is -1.85. The fraction of sp³-hybridized carbons (Fsp3) is 0.100. The number of phenolic OH excluding ortho intramolecular Hbond substituents is 1. The highest BCUT2D eigenvalue weighted by molar-refractivity contribution is 5.81. The molecule has 0 heterocycles. The van der Waals surface area contributed by atoms with Gasteiger partial charge in [-0.1, -0.05) is 54.1 Å². The largest absolute Gasteiger partial charge is 0.507 e. The molecule has 21 heavy (non-hydrogen) atoms. The number of rotatable bonds is 1. The minimum atomic E-state index is 0.344. The molecule has 102 valence electrons. The van der Waals surface area contributed by atoms with Crippen molar-refractivity contribution in [2.45, 2.75) is 13.3 Å². The summed E-state index contributed by atoms with van der Waals surface area (Å²) in [5.74, 6) is 0.344. The van der Waals surface area contributed by atoms with Crippen LogP contribution in [0.5, 0.6) is 5.75 Å². The lowest BCUT2D eigenvalue weighted by atomic mass is 9.97. The van der Waals surface area contributed by atoms with E-state index in [1.54, 1.807) is 6.07 Å². The fourth-order valence-corrected chi connectivity index (χ4v) is 3.19. The van der Waals surface area contributed by atoms with Crippen LogP contribution in [0.3, 0.4) is 0 Å². The number of benzene rings is 3. The monoisotopic (exact) mass is 272 g/mol. The van der Waals surface area contributed by atoms with Gasteiger partial charge in [0, 0.05) is 5.56 Å².